The Kier molecular flexibility index (Phi) is 6.15. The van der Waals surface area contributed by atoms with Crippen molar-refractivity contribution < 1.29 is 22.8 Å². The lowest BCUT2D eigenvalue weighted by molar-refractivity contribution is -0.122. The predicted molar refractivity (Wildman–Crippen MR) is 100 cm³/mol. The van der Waals surface area contributed by atoms with Crippen LogP contribution in [0.2, 0.25) is 0 Å². The molecule has 0 saturated carbocycles. The van der Waals surface area contributed by atoms with E-state index in [-0.39, 0.29) is 5.75 Å². The van der Waals surface area contributed by atoms with Crippen LogP contribution in [0.1, 0.15) is 0 Å². The fourth-order valence-corrected chi connectivity index (χ4v) is 3.02. The van der Waals surface area contributed by atoms with Crippen molar-refractivity contribution in [2.45, 2.75) is 5.03 Å². The van der Waals surface area contributed by atoms with Crippen LogP contribution in [0, 0.1) is 17.5 Å². The number of para-hydroxylation sites is 1. The van der Waals surface area contributed by atoms with Gasteiger partial charge >= 0.3 is 0 Å². The number of aromatic nitrogens is 1. The van der Waals surface area contributed by atoms with Crippen LogP contribution in [0.15, 0.2) is 53.6 Å². The Morgan fingerprint density at radius 2 is 1.71 bits per heavy atom. The van der Waals surface area contributed by atoms with Crippen LogP contribution in [0.3, 0.4) is 0 Å². The largest absolute Gasteiger partial charge is 0.346 e. The van der Waals surface area contributed by atoms with Crippen LogP contribution < -0.4 is 10.6 Å². The molecule has 9 heteroatoms. The van der Waals surface area contributed by atoms with Crippen LogP contribution >= 0.6 is 11.8 Å². The molecule has 2 amide bonds. The molecule has 0 saturated heterocycles. The molecule has 0 atom stereocenters. The first-order valence-electron chi connectivity index (χ1n) is 8.12. The fraction of sp³-hybridized carbons (Fsp3) is 0.105. The van der Waals surface area contributed by atoms with Crippen LogP contribution in [-0.2, 0) is 9.59 Å². The molecule has 0 unspecified atom stereocenters. The minimum absolute atomic E-state index is 0.0260. The Morgan fingerprint density at radius 3 is 2.54 bits per heavy atom. The number of pyridine rings is 1. The number of anilines is 1. The number of fused-ring (bicyclic) bond motifs is 1. The van der Waals surface area contributed by atoms with Crippen molar-refractivity contribution in [3.8, 4) is 0 Å². The maximum absolute atomic E-state index is 13.5. The summed E-state index contributed by atoms with van der Waals surface area (Å²) >= 11 is 1.20. The summed E-state index contributed by atoms with van der Waals surface area (Å²) in [5.74, 6) is -5.71. The van der Waals surface area contributed by atoms with Crippen molar-refractivity contribution in [3.63, 3.8) is 0 Å². The Morgan fingerprint density at radius 1 is 0.929 bits per heavy atom. The van der Waals surface area contributed by atoms with E-state index in [1.165, 1.54) is 11.8 Å². The molecule has 3 rings (SSSR count). The van der Waals surface area contributed by atoms with Crippen LogP contribution in [0.4, 0.5) is 18.9 Å². The molecule has 2 N–H and O–H groups in total. The highest BCUT2D eigenvalue weighted by molar-refractivity contribution is 7.99. The molecule has 28 heavy (non-hydrogen) atoms. The highest BCUT2D eigenvalue weighted by atomic mass is 32.2. The zero-order valence-electron chi connectivity index (χ0n) is 14.3. The van der Waals surface area contributed by atoms with Gasteiger partial charge in [0, 0.05) is 5.39 Å². The van der Waals surface area contributed by atoms with E-state index >= 15 is 0 Å². The highest BCUT2D eigenvalue weighted by Gasteiger charge is 2.15. The number of amides is 2. The number of hydrogen-bond donors (Lipinski definition) is 2. The fourth-order valence-electron chi connectivity index (χ4n) is 2.31. The predicted octanol–water partition coefficient (Wildman–Crippen LogP) is 3.50. The third-order valence-electron chi connectivity index (χ3n) is 3.68. The molecule has 0 aliphatic rings. The van der Waals surface area contributed by atoms with E-state index in [2.05, 4.69) is 15.6 Å². The van der Waals surface area contributed by atoms with Crippen molar-refractivity contribution in [2.75, 3.05) is 17.6 Å². The minimum atomic E-state index is -1.68. The molecule has 0 spiro atoms. The summed E-state index contributed by atoms with van der Waals surface area (Å²) in [4.78, 5) is 28.1. The standard InChI is InChI=1S/C19H14F3N3O2S/c20-12-6-7-14(19(22)18(12)21)24-15(26)9-23-16(27)10-28-17-8-5-11-3-1-2-4-13(11)25-17/h1-8H,9-10H2,(H,23,27)(H,24,26). The summed E-state index contributed by atoms with van der Waals surface area (Å²) in [7, 11) is 0. The molecular formula is C19H14F3N3O2S. The second-order valence-corrected chi connectivity index (χ2v) is 6.67. The lowest BCUT2D eigenvalue weighted by atomic mass is 10.2. The lowest BCUT2D eigenvalue weighted by Crippen LogP contribution is -2.34. The van der Waals surface area contributed by atoms with Gasteiger partial charge in [-0.25, -0.2) is 18.2 Å². The molecule has 2 aromatic carbocycles. The summed E-state index contributed by atoms with van der Waals surface area (Å²) in [5, 5.41) is 6.08. The Labute approximate surface area is 162 Å². The van der Waals surface area contributed by atoms with E-state index in [4.69, 9.17) is 0 Å². The number of hydrogen-bond acceptors (Lipinski definition) is 4. The number of carbonyl (C=O) groups is 2. The third kappa shape index (κ3) is 4.80. The number of benzene rings is 2. The lowest BCUT2D eigenvalue weighted by Gasteiger charge is -2.08. The van der Waals surface area contributed by atoms with Gasteiger partial charge in [-0.2, -0.15) is 0 Å². The average molecular weight is 405 g/mol. The molecule has 0 aliphatic heterocycles. The number of nitrogens with zero attached hydrogens (tertiary/aromatic N) is 1. The summed E-state index contributed by atoms with van der Waals surface area (Å²) in [5.41, 5.74) is 0.300. The van der Waals surface area contributed by atoms with E-state index in [1.54, 1.807) is 6.07 Å². The topological polar surface area (TPSA) is 71.1 Å². The summed E-state index contributed by atoms with van der Waals surface area (Å²) < 4.78 is 39.5. The van der Waals surface area contributed by atoms with E-state index in [0.717, 1.165) is 17.0 Å². The van der Waals surface area contributed by atoms with Crippen LogP contribution in [0.25, 0.3) is 10.9 Å². The average Bonchev–Trinajstić information content (AvgIpc) is 2.71. The van der Waals surface area contributed by atoms with Gasteiger partial charge < -0.3 is 10.6 Å². The van der Waals surface area contributed by atoms with Gasteiger partial charge in [-0.15, -0.1) is 0 Å². The van der Waals surface area contributed by atoms with Gasteiger partial charge in [-0.05, 0) is 24.3 Å². The zero-order valence-corrected chi connectivity index (χ0v) is 15.2. The van der Waals surface area contributed by atoms with Gasteiger partial charge in [0.2, 0.25) is 11.8 Å². The quantitative estimate of drug-likeness (QED) is 0.487. The smallest absolute Gasteiger partial charge is 0.243 e. The van der Waals surface area contributed by atoms with Gasteiger partial charge in [0.1, 0.15) is 0 Å². The van der Waals surface area contributed by atoms with Crippen molar-refractivity contribution in [3.05, 3.63) is 66.0 Å². The SMILES string of the molecule is O=C(CSc1ccc2ccccc2n1)NCC(=O)Nc1ccc(F)c(F)c1F. The number of nitrogens with one attached hydrogen (secondary N) is 2. The van der Waals surface area contributed by atoms with Crippen molar-refractivity contribution in [2.24, 2.45) is 0 Å². The van der Waals surface area contributed by atoms with Crippen LogP contribution in [-0.4, -0.2) is 29.1 Å². The van der Waals surface area contributed by atoms with Crippen LogP contribution in [0.5, 0.6) is 0 Å². The molecule has 0 aliphatic carbocycles. The second kappa shape index (κ2) is 8.75. The molecule has 144 valence electrons. The van der Waals surface area contributed by atoms with E-state index in [9.17, 15) is 22.8 Å². The molecular weight excluding hydrogens is 391 g/mol. The molecule has 0 bridgehead atoms. The number of rotatable bonds is 6. The van der Waals surface area contributed by atoms with Gasteiger partial charge in [-0.3, -0.25) is 9.59 Å². The highest BCUT2D eigenvalue weighted by Crippen LogP contribution is 2.20. The molecule has 1 aromatic heterocycles. The number of halogens is 3. The third-order valence-corrected chi connectivity index (χ3v) is 4.61. The normalized spacial score (nSPS) is 10.7. The van der Waals surface area contributed by atoms with Gasteiger partial charge in [0.15, 0.2) is 17.5 Å². The summed E-state index contributed by atoms with van der Waals surface area (Å²) in [6.45, 7) is -0.441. The van der Waals surface area contributed by atoms with E-state index in [0.29, 0.717) is 11.1 Å². The Balaban J connectivity index is 1.48. The molecule has 1 heterocycles. The van der Waals surface area contributed by atoms with E-state index in [1.807, 2.05) is 30.3 Å². The first-order chi connectivity index (χ1) is 13.4. The Hall–Kier alpha value is -3.07. The van der Waals surface area contributed by atoms with Gasteiger partial charge in [0.05, 0.1) is 28.5 Å². The number of thioether (sulfide) groups is 1. The molecule has 0 radical (unpaired) electrons. The summed E-state index contributed by atoms with van der Waals surface area (Å²) in [6, 6.07) is 12.8. The molecule has 3 aromatic rings. The maximum Gasteiger partial charge on any atom is 0.243 e. The monoisotopic (exact) mass is 405 g/mol. The van der Waals surface area contributed by atoms with Gasteiger partial charge in [0.25, 0.3) is 0 Å². The van der Waals surface area contributed by atoms with Crippen molar-refractivity contribution >= 4 is 40.2 Å². The van der Waals surface area contributed by atoms with Gasteiger partial charge in [-0.1, -0.05) is 36.0 Å². The second-order valence-electron chi connectivity index (χ2n) is 5.68. The molecule has 5 nitrogen and oxygen atoms in total. The first kappa shape index (κ1) is 19.7. The molecule has 0 fully saturated rings. The Bertz CT molecular complexity index is 1050. The van der Waals surface area contributed by atoms with E-state index < -0.39 is 41.5 Å². The first-order valence-corrected chi connectivity index (χ1v) is 9.11. The zero-order chi connectivity index (χ0) is 20.1. The minimum Gasteiger partial charge on any atom is -0.346 e. The van der Waals surface area contributed by atoms with Crippen molar-refractivity contribution in [1.29, 1.82) is 0 Å². The maximum atomic E-state index is 13.5. The van der Waals surface area contributed by atoms with Crippen molar-refractivity contribution in [1.82, 2.24) is 10.3 Å². The summed E-state index contributed by atoms with van der Waals surface area (Å²) in [6.07, 6.45) is 0. The number of carbonyl (C=O) groups excluding carboxylic acids is 2.